The van der Waals surface area contributed by atoms with Gasteiger partial charge in [-0.2, -0.15) is 0 Å². The molecule has 1 N–H and O–H groups in total. The maximum Gasteiger partial charge on any atom is 0.0700 e. The Balaban J connectivity index is 2.17. The highest BCUT2D eigenvalue weighted by atomic mass is 16.5. The van der Waals surface area contributed by atoms with Crippen LogP contribution in [-0.4, -0.2) is 25.3 Å². The third-order valence-corrected chi connectivity index (χ3v) is 3.20. The summed E-state index contributed by atoms with van der Waals surface area (Å²) in [5.41, 5.74) is 0. The maximum atomic E-state index is 5.50. The second-order valence-electron chi connectivity index (χ2n) is 4.06. The van der Waals surface area contributed by atoms with E-state index in [0.29, 0.717) is 12.1 Å². The molecule has 1 fully saturated rings. The molecule has 0 saturated carbocycles. The van der Waals surface area contributed by atoms with Crippen molar-refractivity contribution in [2.24, 2.45) is 5.92 Å². The van der Waals surface area contributed by atoms with Crippen LogP contribution in [0.5, 0.6) is 0 Å². The van der Waals surface area contributed by atoms with Crippen molar-refractivity contribution in [3.63, 3.8) is 0 Å². The van der Waals surface area contributed by atoms with Crippen molar-refractivity contribution in [1.29, 1.82) is 0 Å². The zero-order chi connectivity index (χ0) is 9.68. The van der Waals surface area contributed by atoms with Crippen LogP contribution < -0.4 is 5.32 Å². The first-order valence-corrected chi connectivity index (χ1v) is 5.62. The first-order valence-electron chi connectivity index (χ1n) is 5.62. The molecule has 0 spiro atoms. The largest absolute Gasteiger partial charge is 0.377 e. The van der Waals surface area contributed by atoms with Crippen molar-refractivity contribution >= 4 is 0 Å². The lowest BCUT2D eigenvalue weighted by molar-refractivity contribution is 0.112. The molecule has 0 bridgehead atoms. The van der Waals surface area contributed by atoms with Gasteiger partial charge in [-0.3, -0.25) is 0 Å². The lowest BCUT2D eigenvalue weighted by atomic mass is 10.0. The number of ether oxygens (including phenoxy) is 1. The predicted molar refractivity (Wildman–Crippen MR) is 55.9 cm³/mol. The van der Waals surface area contributed by atoms with E-state index in [2.05, 4.69) is 26.1 Å². The van der Waals surface area contributed by atoms with Gasteiger partial charge in [0, 0.05) is 12.6 Å². The summed E-state index contributed by atoms with van der Waals surface area (Å²) in [6.45, 7) is 8.79. The smallest absolute Gasteiger partial charge is 0.0700 e. The molecule has 1 aliphatic rings. The lowest BCUT2D eigenvalue weighted by Gasteiger charge is -2.19. The monoisotopic (exact) mass is 185 g/mol. The topological polar surface area (TPSA) is 21.3 Å². The van der Waals surface area contributed by atoms with Gasteiger partial charge in [-0.1, -0.05) is 26.7 Å². The Morgan fingerprint density at radius 1 is 1.38 bits per heavy atom. The fourth-order valence-corrected chi connectivity index (χ4v) is 1.90. The molecule has 0 aromatic rings. The molecule has 13 heavy (non-hydrogen) atoms. The van der Waals surface area contributed by atoms with E-state index >= 15 is 0 Å². The van der Waals surface area contributed by atoms with Gasteiger partial charge in [-0.05, 0) is 25.8 Å². The summed E-state index contributed by atoms with van der Waals surface area (Å²) in [5, 5.41) is 3.61. The van der Waals surface area contributed by atoms with Crippen molar-refractivity contribution < 1.29 is 4.74 Å². The minimum Gasteiger partial charge on any atom is -0.377 e. The summed E-state index contributed by atoms with van der Waals surface area (Å²) in [5.74, 6) is 0.841. The molecule has 1 aliphatic heterocycles. The van der Waals surface area contributed by atoms with Crippen LogP contribution in [0.4, 0.5) is 0 Å². The standard InChI is InChI=1S/C11H23NO/c1-4-10(5-2)8-12-11-6-7-13-9(11)3/h9-12H,4-8H2,1-3H3. The van der Waals surface area contributed by atoms with Gasteiger partial charge in [0.2, 0.25) is 0 Å². The second-order valence-corrected chi connectivity index (χ2v) is 4.06. The summed E-state index contributed by atoms with van der Waals surface area (Å²) >= 11 is 0. The van der Waals surface area contributed by atoms with Gasteiger partial charge in [-0.15, -0.1) is 0 Å². The Kier molecular flexibility index (Phi) is 4.74. The Labute approximate surface area is 82.0 Å². The van der Waals surface area contributed by atoms with E-state index in [-0.39, 0.29) is 0 Å². The molecule has 1 rings (SSSR count). The van der Waals surface area contributed by atoms with Gasteiger partial charge in [0.05, 0.1) is 6.10 Å². The molecule has 1 saturated heterocycles. The van der Waals surface area contributed by atoms with E-state index in [0.717, 1.165) is 19.1 Å². The molecule has 2 unspecified atom stereocenters. The third-order valence-electron chi connectivity index (χ3n) is 3.20. The molecule has 0 amide bonds. The number of nitrogens with one attached hydrogen (secondary N) is 1. The zero-order valence-electron chi connectivity index (χ0n) is 9.18. The lowest BCUT2D eigenvalue weighted by Crippen LogP contribution is -2.37. The van der Waals surface area contributed by atoms with E-state index in [4.69, 9.17) is 4.74 Å². The van der Waals surface area contributed by atoms with Crippen LogP contribution in [0, 0.1) is 5.92 Å². The summed E-state index contributed by atoms with van der Waals surface area (Å²) in [4.78, 5) is 0. The quantitative estimate of drug-likeness (QED) is 0.709. The van der Waals surface area contributed by atoms with Gasteiger partial charge in [0.1, 0.15) is 0 Å². The fourth-order valence-electron chi connectivity index (χ4n) is 1.90. The highest BCUT2D eigenvalue weighted by Gasteiger charge is 2.23. The maximum absolute atomic E-state index is 5.50. The van der Waals surface area contributed by atoms with Crippen LogP contribution in [0.25, 0.3) is 0 Å². The van der Waals surface area contributed by atoms with Crippen molar-refractivity contribution in [2.45, 2.75) is 52.2 Å². The average Bonchev–Trinajstić information content (AvgIpc) is 2.54. The van der Waals surface area contributed by atoms with Gasteiger partial charge in [0.25, 0.3) is 0 Å². The molecule has 1 heterocycles. The van der Waals surface area contributed by atoms with Gasteiger partial charge < -0.3 is 10.1 Å². The van der Waals surface area contributed by atoms with Crippen LogP contribution in [0.3, 0.4) is 0 Å². The van der Waals surface area contributed by atoms with Crippen molar-refractivity contribution in [3.8, 4) is 0 Å². The summed E-state index contributed by atoms with van der Waals surface area (Å²) in [7, 11) is 0. The normalized spacial score (nSPS) is 28.6. The SMILES string of the molecule is CCC(CC)CNC1CCOC1C. The van der Waals surface area contributed by atoms with E-state index in [1.165, 1.54) is 19.3 Å². The van der Waals surface area contributed by atoms with E-state index < -0.39 is 0 Å². The molecule has 78 valence electrons. The van der Waals surface area contributed by atoms with Gasteiger partial charge >= 0.3 is 0 Å². The molecule has 2 nitrogen and oxygen atoms in total. The molecule has 0 aliphatic carbocycles. The number of rotatable bonds is 5. The van der Waals surface area contributed by atoms with Crippen LogP contribution in [0.2, 0.25) is 0 Å². The minimum atomic E-state index is 0.411. The van der Waals surface area contributed by atoms with Crippen LogP contribution in [0.1, 0.15) is 40.0 Å². The van der Waals surface area contributed by atoms with E-state index in [9.17, 15) is 0 Å². The second kappa shape index (κ2) is 5.61. The molecular weight excluding hydrogens is 162 g/mol. The van der Waals surface area contributed by atoms with Gasteiger partial charge in [0.15, 0.2) is 0 Å². The molecule has 2 atom stereocenters. The number of hydrogen-bond donors (Lipinski definition) is 1. The molecule has 0 aromatic carbocycles. The minimum absolute atomic E-state index is 0.411. The van der Waals surface area contributed by atoms with Crippen molar-refractivity contribution in [3.05, 3.63) is 0 Å². The number of hydrogen-bond acceptors (Lipinski definition) is 2. The van der Waals surface area contributed by atoms with Crippen molar-refractivity contribution in [2.75, 3.05) is 13.2 Å². The van der Waals surface area contributed by atoms with Gasteiger partial charge in [-0.25, -0.2) is 0 Å². The summed E-state index contributed by atoms with van der Waals surface area (Å²) < 4.78 is 5.50. The Morgan fingerprint density at radius 2 is 2.08 bits per heavy atom. The Morgan fingerprint density at radius 3 is 2.54 bits per heavy atom. The molecular formula is C11H23NO. The Bertz CT molecular complexity index is 134. The van der Waals surface area contributed by atoms with Crippen LogP contribution in [-0.2, 0) is 4.74 Å². The molecule has 2 heteroatoms. The summed E-state index contributed by atoms with van der Waals surface area (Å²) in [6, 6.07) is 0.598. The van der Waals surface area contributed by atoms with E-state index in [1.54, 1.807) is 0 Å². The van der Waals surface area contributed by atoms with Crippen LogP contribution >= 0.6 is 0 Å². The van der Waals surface area contributed by atoms with Crippen molar-refractivity contribution in [1.82, 2.24) is 5.32 Å². The predicted octanol–water partition coefficient (Wildman–Crippen LogP) is 2.19. The zero-order valence-corrected chi connectivity index (χ0v) is 9.18. The molecule has 0 radical (unpaired) electrons. The first-order chi connectivity index (χ1) is 6.27. The van der Waals surface area contributed by atoms with Crippen LogP contribution in [0.15, 0.2) is 0 Å². The Hall–Kier alpha value is -0.0800. The highest BCUT2D eigenvalue weighted by Crippen LogP contribution is 2.14. The first kappa shape index (κ1) is 11.0. The fraction of sp³-hybridized carbons (Fsp3) is 1.00. The van der Waals surface area contributed by atoms with E-state index in [1.807, 2.05) is 0 Å². The molecule has 0 aromatic heterocycles. The summed E-state index contributed by atoms with van der Waals surface area (Å²) in [6.07, 6.45) is 4.16. The third kappa shape index (κ3) is 3.28. The highest BCUT2D eigenvalue weighted by molar-refractivity contribution is 4.79. The average molecular weight is 185 g/mol.